The Bertz CT molecular complexity index is 861. The quantitative estimate of drug-likeness (QED) is 0.778. The minimum absolute atomic E-state index is 0.637. The third-order valence-electron chi connectivity index (χ3n) is 3.92. The van der Waals surface area contributed by atoms with Gasteiger partial charge in [-0.1, -0.05) is 12.1 Å². The number of aromatic nitrogens is 4. The molecule has 0 saturated carbocycles. The number of aryl methyl sites for hydroxylation is 3. The minimum Gasteiger partial charge on any atom is -0.497 e. The zero-order valence-corrected chi connectivity index (χ0v) is 14.4. The molecule has 3 aromatic rings. The Labute approximate surface area is 141 Å². The summed E-state index contributed by atoms with van der Waals surface area (Å²) < 4.78 is 5.18. The highest BCUT2D eigenvalue weighted by molar-refractivity contribution is 5.82. The number of ether oxygens (including phenoxy) is 1. The van der Waals surface area contributed by atoms with E-state index in [1.807, 2.05) is 32.9 Å². The lowest BCUT2D eigenvalue weighted by molar-refractivity contribution is 0.414. The molecule has 24 heavy (non-hydrogen) atoms. The van der Waals surface area contributed by atoms with Gasteiger partial charge < -0.3 is 10.1 Å². The van der Waals surface area contributed by atoms with Gasteiger partial charge in [-0.15, -0.1) is 0 Å². The van der Waals surface area contributed by atoms with Gasteiger partial charge in [-0.25, -0.2) is 19.9 Å². The summed E-state index contributed by atoms with van der Waals surface area (Å²) >= 11 is 0. The van der Waals surface area contributed by atoms with Gasteiger partial charge in [-0.2, -0.15) is 0 Å². The Balaban J connectivity index is 1.77. The summed E-state index contributed by atoms with van der Waals surface area (Å²) in [5.41, 5.74) is 4.38. The molecule has 0 amide bonds. The van der Waals surface area contributed by atoms with Gasteiger partial charge in [0, 0.05) is 6.54 Å². The maximum Gasteiger partial charge on any atom is 0.184 e. The van der Waals surface area contributed by atoms with Crippen LogP contribution in [0.15, 0.2) is 24.3 Å². The van der Waals surface area contributed by atoms with Crippen LogP contribution < -0.4 is 10.1 Å². The highest BCUT2D eigenvalue weighted by atomic mass is 16.5. The monoisotopic (exact) mass is 323 g/mol. The van der Waals surface area contributed by atoms with Gasteiger partial charge in [0.25, 0.3) is 0 Å². The molecule has 0 spiro atoms. The molecule has 6 nitrogen and oxygen atoms in total. The Morgan fingerprint density at radius 3 is 2.33 bits per heavy atom. The predicted molar refractivity (Wildman–Crippen MR) is 94.5 cm³/mol. The molecule has 0 radical (unpaired) electrons. The summed E-state index contributed by atoms with van der Waals surface area (Å²) in [6.45, 7) is 6.51. The first-order chi connectivity index (χ1) is 11.6. The van der Waals surface area contributed by atoms with E-state index in [1.165, 1.54) is 5.56 Å². The van der Waals surface area contributed by atoms with Crippen molar-refractivity contribution in [3.05, 3.63) is 47.0 Å². The molecule has 0 bridgehead atoms. The minimum atomic E-state index is 0.637. The van der Waals surface area contributed by atoms with Crippen LogP contribution in [0.2, 0.25) is 0 Å². The standard InChI is InChI=1S/C18H21N5O/c1-11-12(2)21-18-16(20-11)17(22-13(3)23-18)19-10-9-14-5-7-15(24-4)8-6-14/h5-8H,9-10H2,1-4H3,(H,19,21,22,23). The Morgan fingerprint density at radius 2 is 1.62 bits per heavy atom. The normalized spacial score (nSPS) is 10.8. The van der Waals surface area contributed by atoms with Crippen LogP contribution in [0, 0.1) is 20.8 Å². The van der Waals surface area contributed by atoms with Gasteiger partial charge in [0.1, 0.15) is 11.6 Å². The zero-order chi connectivity index (χ0) is 17.1. The van der Waals surface area contributed by atoms with Crippen molar-refractivity contribution in [2.24, 2.45) is 0 Å². The lowest BCUT2D eigenvalue weighted by Gasteiger charge is -2.10. The first-order valence-electron chi connectivity index (χ1n) is 7.93. The second-order valence-electron chi connectivity index (χ2n) is 5.71. The van der Waals surface area contributed by atoms with Gasteiger partial charge >= 0.3 is 0 Å². The van der Waals surface area contributed by atoms with Gasteiger partial charge in [0.05, 0.1) is 18.5 Å². The van der Waals surface area contributed by atoms with Crippen molar-refractivity contribution < 1.29 is 4.74 Å². The van der Waals surface area contributed by atoms with Crippen LogP contribution in [0.1, 0.15) is 22.8 Å². The average Bonchev–Trinajstić information content (AvgIpc) is 2.57. The van der Waals surface area contributed by atoms with Crippen molar-refractivity contribution in [1.29, 1.82) is 0 Å². The van der Waals surface area contributed by atoms with Gasteiger partial charge in [-0.05, 0) is 44.9 Å². The highest BCUT2D eigenvalue weighted by Gasteiger charge is 2.10. The number of benzene rings is 1. The van der Waals surface area contributed by atoms with E-state index in [4.69, 9.17) is 4.74 Å². The number of hydrogen-bond acceptors (Lipinski definition) is 6. The number of nitrogens with one attached hydrogen (secondary N) is 1. The number of anilines is 1. The highest BCUT2D eigenvalue weighted by Crippen LogP contribution is 2.18. The predicted octanol–water partition coefficient (Wildman–Crippen LogP) is 3.01. The Kier molecular flexibility index (Phi) is 4.55. The molecular formula is C18H21N5O. The number of fused-ring (bicyclic) bond motifs is 1. The summed E-state index contributed by atoms with van der Waals surface area (Å²) in [5.74, 6) is 2.29. The van der Waals surface area contributed by atoms with Crippen molar-refractivity contribution in [3.63, 3.8) is 0 Å². The smallest absolute Gasteiger partial charge is 0.184 e. The molecular weight excluding hydrogens is 302 g/mol. The van der Waals surface area contributed by atoms with Crippen molar-refractivity contribution >= 4 is 17.0 Å². The zero-order valence-electron chi connectivity index (χ0n) is 14.4. The van der Waals surface area contributed by atoms with E-state index < -0.39 is 0 Å². The summed E-state index contributed by atoms with van der Waals surface area (Å²) in [5, 5.41) is 3.37. The van der Waals surface area contributed by atoms with E-state index in [1.54, 1.807) is 7.11 Å². The third kappa shape index (κ3) is 3.42. The van der Waals surface area contributed by atoms with E-state index in [0.717, 1.165) is 41.4 Å². The molecule has 6 heteroatoms. The van der Waals surface area contributed by atoms with Crippen LogP contribution in [-0.2, 0) is 6.42 Å². The van der Waals surface area contributed by atoms with Crippen molar-refractivity contribution in [1.82, 2.24) is 19.9 Å². The van der Waals surface area contributed by atoms with Crippen molar-refractivity contribution in [3.8, 4) is 5.75 Å². The molecule has 1 N–H and O–H groups in total. The van der Waals surface area contributed by atoms with Crippen molar-refractivity contribution in [2.45, 2.75) is 27.2 Å². The summed E-state index contributed by atoms with van der Waals surface area (Å²) in [7, 11) is 1.67. The lowest BCUT2D eigenvalue weighted by Crippen LogP contribution is -2.10. The van der Waals surface area contributed by atoms with E-state index in [9.17, 15) is 0 Å². The van der Waals surface area contributed by atoms with Crippen LogP contribution in [0.25, 0.3) is 11.2 Å². The second-order valence-corrected chi connectivity index (χ2v) is 5.71. The molecule has 2 aromatic heterocycles. The molecule has 0 unspecified atom stereocenters. The van der Waals surface area contributed by atoms with Crippen LogP contribution in [0.4, 0.5) is 5.82 Å². The van der Waals surface area contributed by atoms with Gasteiger partial charge in [0.15, 0.2) is 17.0 Å². The molecule has 0 saturated heterocycles. The van der Waals surface area contributed by atoms with Gasteiger partial charge in [0.2, 0.25) is 0 Å². The summed E-state index contributed by atoms with van der Waals surface area (Å²) in [6.07, 6.45) is 0.882. The molecule has 1 aromatic carbocycles. The Hall–Kier alpha value is -2.76. The van der Waals surface area contributed by atoms with Crippen LogP contribution in [0.3, 0.4) is 0 Å². The fraction of sp³-hybridized carbons (Fsp3) is 0.333. The maximum atomic E-state index is 5.18. The van der Waals surface area contributed by atoms with E-state index in [-0.39, 0.29) is 0 Å². The van der Waals surface area contributed by atoms with E-state index >= 15 is 0 Å². The third-order valence-corrected chi connectivity index (χ3v) is 3.92. The molecule has 0 aliphatic rings. The first-order valence-corrected chi connectivity index (χ1v) is 7.93. The number of rotatable bonds is 5. The maximum absolute atomic E-state index is 5.18. The molecule has 0 aliphatic carbocycles. The fourth-order valence-corrected chi connectivity index (χ4v) is 2.46. The molecule has 0 atom stereocenters. The van der Waals surface area contributed by atoms with Crippen LogP contribution >= 0.6 is 0 Å². The van der Waals surface area contributed by atoms with Crippen LogP contribution in [0.5, 0.6) is 5.75 Å². The van der Waals surface area contributed by atoms with Crippen LogP contribution in [-0.4, -0.2) is 33.6 Å². The van der Waals surface area contributed by atoms with E-state index in [2.05, 4.69) is 37.4 Å². The summed E-state index contributed by atoms with van der Waals surface area (Å²) in [4.78, 5) is 18.0. The average molecular weight is 323 g/mol. The number of hydrogen-bond donors (Lipinski definition) is 1. The van der Waals surface area contributed by atoms with E-state index in [0.29, 0.717) is 11.5 Å². The SMILES string of the molecule is COc1ccc(CCNc2nc(C)nc3nc(C)c(C)nc23)cc1. The number of nitrogens with zero attached hydrogens (tertiary/aromatic N) is 4. The van der Waals surface area contributed by atoms with Gasteiger partial charge in [-0.3, -0.25) is 0 Å². The first kappa shape index (κ1) is 16.1. The molecule has 0 fully saturated rings. The fourth-order valence-electron chi connectivity index (χ4n) is 2.46. The Morgan fingerprint density at radius 1 is 0.917 bits per heavy atom. The molecule has 3 rings (SSSR count). The number of methoxy groups -OCH3 is 1. The molecule has 0 aliphatic heterocycles. The largest absolute Gasteiger partial charge is 0.497 e. The second kappa shape index (κ2) is 6.78. The lowest BCUT2D eigenvalue weighted by atomic mass is 10.1. The van der Waals surface area contributed by atoms with Crippen molar-refractivity contribution in [2.75, 3.05) is 19.0 Å². The topological polar surface area (TPSA) is 72.8 Å². The molecule has 2 heterocycles. The molecule has 124 valence electrons. The summed E-state index contributed by atoms with van der Waals surface area (Å²) in [6, 6.07) is 8.07.